The molecule has 0 aliphatic rings. The maximum Gasteiger partial charge on any atom is 0.291 e. The normalized spacial score (nSPS) is 9.65. The Morgan fingerprint density at radius 3 is 2.76 bits per heavy atom. The van der Waals surface area contributed by atoms with Gasteiger partial charge in [0.1, 0.15) is 18.2 Å². The Labute approximate surface area is 97.0 Å². The Bertz CT molecular complexity index is 466. The zero-order chi connectivity index (χ0) is 12.8. The van der Waals surface area contributed by atoms with E-state index in [1.165, 1.54) is 7.11 Å². The highest BCUT2D eigenvalue weighted by molar-refractivity contribution is 5.58. The van der Waals surface area contributed by atoms with Gasteiger partial charge in [0.2, 0.25) is 0 Å². The van der Waals surface area contributed by atoms with E-state index >= 15 is 0 Å². The summed E-state index contributed by atoms with van der Waals surface area (Å²) >= 11 is 0. The van der Waals surface area contributed by atoms with Gasteiger partial charge < -0.3 is 14.6 Å². The fraction of sp³-hybridized carbons (Fsp3) is 0.300. The molecule has 1 aromatic rings. The fourth-order valence-electron chi connectivity index (χ4n) is 1.15. The number of nitro groups is 1. The van der Waals surface area contributed by atoms with Crippen LogP contribution in [0.3, 0.4) is 0 Å². The minimum atomic E-state index is -0.739. The number of rotatable bonds is 5. The van der Waals surface area contributed by atoms with E-state index in [1.807, 2.05) is 0 Å². The number of nitriles is 1. The van der Waals surface area contributed by atoms with Gasteiger partial charge >= 0.3 is 0 Å². The molecule has 7 heteroatoms. The van der Waals surface area contributed by atoms with Gasteiger partial charge in [-0.3, -0.25) is 10.1 Å². The summed E-state index contributed by atoms with van der Waals surface area (Å²) in [6.07, 6.45) is 0. The third kappa shape index (κ3) is 3.06. The van der Waals surface area contributed by atoms with Crippen molar-refractivity contribution in [1.29, 1.82) is 5.26 Å². The molecule has 1 rings (SSSR count). The summed E-state index contributed by atoms with van der Waals surface area (Å²) in [6, 6.07) is 3.69. The maximum atomic E-state index is 10.6. The molecule has 0 bridgehead atoms. The van der Waals surface area contributed by atoms with Crippen LogP contribution in [0.5, 0.6) is 11.5 Å². The molecule has 0 aromatic heterocycles. The lowest BCUT2D eigenvalue weighted by Crippen LogP contribution is -2.05. The predicted molar refractivity (Wildman–Crippen MR) is 56.8 cm³/mol. The molecule has 17 heavy (non-hydrogen) atoms. The Balaban J connectivity index is 3.02. The van der Waals surface area contributed by atoms with Crippen molar-refractivity contribution in [2.75, 3.05) is 20.3 Å². The Morgan fingerprint density at radius 2 is 2.24 bits per heavy atom. The van der Waals surface area contributed by atoms with E-state index < -0.39 is 10.6 Å². The van der Waals surface area contributed by atoms with Crippen LogP contribution < -0.4 is 4.74 Å². The zero-order valence-electron chi connectivity index (χ0n) is 9.04. The highest BCUT2D eigenvalue weighted by Crippen LogP contribution is 2.33. The van der Waals surface area contributed by atoms with Gasteiger partial charge in [-0.1, -0.05) is 0 Å². The Hall–Kier alpha value is -2.33. The van der Waals surface area contributed by atoms with Crippen LogP contribution in [0.1, 0.15) is 5.56 Å². The molecular weight excluding hydrogens is 228 g/mol. The van der Waals surface area contributed by atoms with Crippen molar-refractivity contribution in [3.8, 4) is 17.6 Å². The largest absolute Gasteiger partial charge is 0.504 e. The van der Waals surface area contributed by atoms with E-state index in [4.69, 9.17) is 14.7 Å². The summed E-state index contributed by atoms with van der Waals surface area (Å²) in [5.41, 5.74) is -0.621. The van der Waals surface area contributed by atoms with E-state index in [0.717, 1.165) is 12.1 Å². The van der Waals surface area contributed by atoms with Gasteiger partial charge in [-0.15, -0.1) is 0 Å². The molecule has 0 aliphatic carbocycles. The predicted octanol–water partition coefficient (Wildman–Crippen LogP) is 1.20. The molecule has 0 radical (unpaired) electrons. The first kappa shape index (κ1) is 12.7. The Morgan fingerprint density at radius 1 is 1.53 bits per heavy atom. The number of hydrogen-bond acceptors (Lipinski definition) is 6. The smallest absolute Gasteiger partial charge is 0.291 e. The van der Waals surface area contributed by atoms with Crippen LogP contribution in [0.25, 0.3) is 0 Å². The fourth-order valence-corrected chi connectivity index (χ4v) is 1.15. The van der Waals surface area contributed by atoms with Crippen LogP contribution in [0.15, 0.2) is 12.1 Å². The summed E-state index contributed by atoms with van der Waals surface area (Å²) in [6.45, 7) is 0.477. The first-order valence-electron chi connectivity index (χ1n) is 4.63. The number of nitro benzene ring substituents is 1. The minimum absolute atomic E-state index is 0.0178. The summed E-state index contributed by atoms with van der Waals surface area (Å²) in [7, 11) is 1.49. The Kier molecular flexibility index (Phi) is 4.25. The molecular formula is C10H10N2O5. The molecule has 90 valence electrons. The summed E-state index contributed by atoms with van der Waals surface area (Å²) < 4.78 is 9.85. The molecule has 0 unspecified atom stereocenters. The quantitative estimate of drug-likeness (QED) is 0.469. The van der Waals surface area contributed by atoms with Gasteiger partial charge in [0, 0.05) is 13.2 Å². The number of nitrogens with zero attached hydrogens (tertiary/aromatic N) is 2. The summed E-state index contributed by atoms with van der Waals surface area (Å²) in [4.78, 5) is 9.85. The average Bonchev–Trinajstić information content (AvgIpc) is 2.30. The molecule has 0 aliphatic heterocycles. The van der Waals surface area contributed by atoms with E-state index in [1.54, 1.807) is 6.07 Å². The van der Waals surface area contributed by atoms with Crippen molar-refractivity contribution in [3.05, 3.63) is 27.8 Å². The van der Waals surface area contributed by atoms with Crippen molar-refractivity contribution in [2.24, 2.45) is 0 Å². The molecule has 7 nitrogen and oxygen atoms in total. The van der Waals surface area contributed by atoms with Gasteiger partial charge in [0.25, 0.3) is 5.69 Å². The van der Waals surface area contributed by atoms with Crippen LogP contribution in [-0.4, -0.2) is 30.4 Å². The molecule has 0 saturated carbocycles. The second kappa shape index (κ2) is 5.67. The van der Waals surface area contributed by atoms with Crippen LogP contribution in [0, 0.1) is 21.4 Å². The van der Waals surface area contributed by atoms with Crippen LogP contribution in [0.2, 0.25) is 0 Å². The number of phenols is 1. The molecule has 0 spiro atoms. The standard InChI is InChI=1S/C10H10N2O5/c1-16-2-3-17-10-4-7(6-11)8(12(14)15)5-9(10)13/h4-5,13H,2-3H2,1H3. The highest BCUT2D eigenvalue weighted by Gasteiger charge is 2.18. The summed E-state index contributed by atoms with van der Waals surface area (Å²) in [5, 5.41) is 28.8. The maximum absolute atomic E-state index is 10.6. The van der Waals surface area contributed by atoms with Gasteiger partial charge in [-0.25, -0.2) is 0 Å². The third-order valence-corrected chi connectivity index (χ3v) is 1.94. The molecule has 0 atom stereocenters. The minimum Gasteiger partial charge on any atom is -0.504 e. The SMILES string of the molecule is COCCOc1cc(C#N)c([N+](=O)[O-])cc1O. The first-order valence-corrected chi connectivity index (χ1v) is 4.63. The summed E-state index contributed by atoms with van der Waals surface area (Å²) in [5.74, 6) is -0.365. The van der Waals surface area contributed by atoms with E-state index in [-0.39, 0.29) is 23.7 Å². The first-order chi connectivity index (χ1) is 8.10. The number of benzene rings is 1. The van der Waals surface area contributed by atoms with Crippen LogP contribution in [-0.2, 0) is 4.74 Å². The number of aromatic hydroxyl groups is 1. The number of phenolic OH excluding ortho intramolecular Hbond substituents is 1. The lowest BCUT2D eigenvalue weighted by Gasteiger charge is -2.07. The second-order valence-electron chi connectivity index (χ2n) is 3.05. The second-order valence-corrected chi connectivity index (χ2v) is 3.05. The highest BCUT2D eigenvalue weighted by atomic mass is 16.6. The molecule has 1 N–H and O–H groups in total. The zero-order valence-corrected chi connectivity index (χ0v) is 9.04. The van der Waals surface area contributed by atoms with Gasteiger partial charge in [0.15, 0.2) is 11.5 Å². The number of hydrogen-bond donors (Lipinski definition) is 1. The topological polar surface area (TPSA) is 106 Å². The molecule has 0 heterocycles. The van der Waals surface area contributed by atoms with Gasteiger partial charge in [-0.2, -0.15) is 5.26 Å². The lowest BCUT2D eigenvalue weighted by atomic mass is 10.2. The van der Waals surface area contributed by atoms with Crippen LogP contribution in [0.4, 0.5) is 5.69 Å². The number of ether oxygens (including phenoxy) is 2. The third-order valence-electron chi connectivity index (χ3n) is 1.94. The van der Waals surface area contributed by atoms with Crippen LogP contribution >= 0.6 is 0 Å². The van der Waals surface area contributed by atoms with Crippen molar-refractivity contribution in [2.45, 2.75) is 0 Å². The van der Waals surface area contributed by atoms with Gasteiger partial charge in [-0.05, 0) is 0 Å². The molecule has 0 saturated heterocycles. The number of methoxy groups -OCH3 is 1. The van der Waals surface area contributed by atoms with E-state index in [0.29, 0.717) is 6.61 Å². The van der Waals surface area contributed by atoms with Crippen molar-refractivity contribution < 1.29 is 19.5 Å². The van der Waals surface area contributed by atoms with Crippen molar-refractivity contribution >= 4 is 5.69 Å². The van der Waals surface area contributed by atoms with E-state index in [2.05, 4.69) is 0 Å². The monoisotopic (exact) mass is 238 g/mol. The van der Waals surface area contributed by atoms with Gasteiger partial charge in [0.05, 0.1) is 17.6 Å². The van der Waals surface area contributed by atoms with Crippen molar-refractivity contribution in [1.82, 2.24) is 0 Å². The molecule has 0 fully saturated rings. The van der Waals surface area contributed by atoms with Crippen molar-refractivity contribution in [3.63, 3.8) is 0 Å². The molecule has 1 aromatic carbocycles. The molecule has 0 amide bonds. The lowest BCUT2D eigenvalue weighted by molar-refractivity contribution is -0.385. The van der Waals surface area contributed by atoms with E-state index in [9.17, 15) is 15.2 Å². The average molecular weight is 238 g/mol.